The zero-order valence-electron chi connectivity index (χ0n) is 14.3. The Hall–Kier alpha value is -1.30. The van der Waals surface area contributed by atoms with Crippen LogP contribution in [-0.2, 0) is 4.74 Å². The van der Waals surface area contributed by atoms with Gasteiger partial charge < -0.3 is 14.6 Å². The Labute approximate surface area is 152 Å². The maximum atomic E-state index is 12.3. The van der Waals surface area contributed by atoms with Crippen LogP contribution in [0.15, 0.2) is 23.2 Å². The molecule has 0 aliphatic carbocycles. The second kappa shape index (κ2) is 6.90. The van der Waals surface area contributed by atoms with Gasteiger partial charge in [-0.2, -0.15) is 9.48 Å². The Kier molecular flexibility index (Phi) is 5.47. The molecule has 0 saturated carbocycles. The van der Waals surface area contributed by atoms with Crippen LogP contribution in [0.2, 0.25) is 10.0 Å². The fourth-order valence-corrected chi connectivity index (χ4v) is 3.65. The first-order valence-corrected chi connectivity index (χ1v) is 8.69. The van der Waals surface area contributed by atoms with Crippen molar-refractivity contribution in [1.82, 2.24) is 4.48 Å². The molecule has 24 heavy (non-hydrogen) atoms. The van der Waals surface area contributed by atoms with Crippen molar-refractivity contribution in [3.05, 3.63) is 28.2 Å². The smallest absolute Gasteiger partial charge is 0.406 e. The van der Waals surface area contributed by atoms with Crippen LogP contribution in [-0.4, -0.2) is 30.3 Å². The molecule has 0 bridgehead atoms. The Bertz CT molecular complexity index is 656. The molecule has 1 heterocycles. The third-order valence-electron chi connectivity index (χ3n) is 3.98. The van der Waals surface area contributed by atoms with E-state index in [1.54, 1.807) is 18.2 Å². The van der Waals surface area contributed by atoms with Gasteiger partial charge in [0.15, 0.2) is 5.69 Å². The number of aliphatic imine (C=N–C) groups is 1. The van der Waals surface area contributed by atoms with Crippen molar-refractivity contribution in [2.24, 2.45) is 4.99 Å². The lowest BCUT2D eigenvalue weighted by molar-refractivity contribution is -0.260. The predicted octanol–water partition coefficient (Wildman–Crippen LogP) is 4.00. The fourth-order valence-electron chi connectivity index (χ4n) is 3.14. The SMILES string of the molecule is CCC[N+](C(=O)[O-])(C1=NC(C)(C)CC(C)O1)c1cc(Cl)cc(Cl)c1. The van der Waals surface area contributed by atoms with Gasteiger partial charge in [0.05, 0.1) is 12.1 Å². The molecule has 0 N–H and O–H groups in total. The summed E-state index contributed by atoms with van der Waals surface area (Å²) in [5, 5.41) is 13.0. The minimum Gasteiger partial charge on any atom is -0.497 e. The van der Waals surface area contributed by atoms with Crippen molar-refractivity contribution < 1.29 is 14.6 Å². The summed E-state index contributed by atoms with van der Waals surface area (Å²) in [5.74, 6) is 0. The molecule has 2 unspecified atom stereocenters. The number of hydrogen-bond donors (Lipinski definition) is 0. The van der Waals surface area contributed by atoms with Crippen LogP contribution >= 0.6 is 23.2 Å². The maximum Gasteiger partial charge on any atom is 0.406 e. The number of halogens is 2. The lowest BCUT2D eigenvalue weighted by Gasteiger charge is -2.41. The Balaban J connectivity index is 2.72. The summed E-state index contributed by atoms with van der Waals surface area (Å²) in [7, 11) is 0. The number of amidine groups is 1. The number of carbonyl (C=O) groups excluding carboxylic acids is 1. The summed E-state index contributed by atoms with van der Waals surface area (Å²) in [6, 6.07) is 4.80. The molecule has 2 rings (SSSR count). The molecule has 0 saturated heterocycles. The average molecular weight is 373 g/mol. The lowest BCUT2D eigenvalue weighted by atomic mass is 9.97. The summed E-state index contributed by atoms with van der Waals surface area (Å²) in [5.41, 5.74) is -0.0554. The molecule has 1 aliphatic heterocycles. The van der Waals surface area contributed by atoms with Crippen LogP contribution in [0.4, 0.5) is 10.5 Å². The third kappa shape index (κ3) is 3.68. The number of ether oxygens (including phenoxy) is 1. The number of benzene rings is 1. The van der Waals surface area contributed by atoms with E-state index >= 15 is 0 Å². The highest BCUT2D eigenvalue weighted by Gasteiger charge is 2.46. The summed E-state index contributed by atoms with van der Waals surface area (Å²) in [4.78, 5) is 16.8. The van der Waals surface area contributed by atoms with Gasteiger partial charge in [-0.05, 0) is 33.3 Å². The van der Waals surface area contributed by atoms with Gasteiger partial charge in [-0.25, -0.2) is 0 Å². The van der Waals surface area contributed by atoms with Crippen LogP contribution in [0.5, 0.6) is 0 Å². The van der Waals surface area contributed by atoms with Crippen molar-refractivity contribution in [2.75, 3.05) is 6.54 Å². The minimum atomic E-state index is -1.32. The zero-order chi connectivity index (χ0) is 18.1. The van der Waals surface area contributed by atoms with Gasteiger partial charge in [-0.15, -0.1) is 0 Å². The van der Waals surface area contributed by atoms with Crippen molar-refractivity contribution in [2.45, 2.75) is 52.2 Å². The van der Waals surface area contributed by atoms with Crippen LogP contribution in [0.1, 0.15) is 40.5 Å². The van der Waals surface area contributed by atoms with Gasteiger partial charge in [0.2, 0.25) is 0 Å². The largest absolute Gasteiger partial charge is 0.497 e. The Morgan fingerprint density at radius 1 is 1.38 bits per heavy atom. The van der Waals surface area contributed by atoms with Gasteiger partial charge in [-0.3, -0.25) is 0 Å². The van der Waals surface area contributed by atoms with Gasteiger partial charge >= 0.3 is 6.02 Å². The highest BCUT2D eigenvalue weighted by molar-refractivity contribution is 6.35. The number of amides is 1. The van der Waals surface area contributed by atoms with Gasteiger partial charge in [0.1, 0.15) is 6.10 Å². The molecule has 1 amide bonds. The van der Waals surface area contributed by atoms with E-state index < -0.39 is 16.1 Å². The van der Waals surface area contributed by atoms with Gasteiger partial charge in [-0.1, -0.05) is 30.1 Å². The number of rotatable bonds is 3. The van der Waals surface area contributed by atoms with E-state index in [9.17, 15) is 9.90 Å². The molecule has 0 spiro atoms. The molecular formula is C17H22Cl2N2O3. The summed E-state index contributed by atoms with van der Waals surface area (Å²) < 4.78 is 5.19. The summed E-state index contributed by atoms with van der Waals surface area (Å²) in [6.45, 7) is 7.91. The first-order chi connectivity index (χ1) is 11.1. The van der Waals surface area contributed by atoms with Crippen LogP contribution in [0.25, 0.3) is 0 Å². The molecule has 1 aromatic rings. The molecule has 0 fully saturated rings. The summed E-state index contributed by atoms with van der Waals surface area (Å²) in [6.07, 6.45) is -0.198. The van der Waals surface area contributed by atoms with Crippen LogP contribution in [0.3, 0.4) is 0 Å². The lowest BCUT2D eigenvalue weighted by Crippen LogP contribution is -2.66. The molecule has 1 aliphatic rings. The minimum absolute atomic E-state index is 0.110. The van der Waals surface area contributed by atoms with Crippen molar-refractivity contribution >= 4 is 41.0 Å². The van der Waals surface area contributed by atoms with Crippen molar-refractivity contribution in [1.29, 1.82) is 0 Å². The molecule has 5 nitrogen and oxygen atoms in total. The highest BCUT2D eigenvalue weighted by Crippen LogP contribution is 2.35. The number of nitrogens with zero attached hydrogens (tertiary/aromatic N) is 2. The molecule has 7 heteroatoms. The zero-order valence-corrected chi connectivity index (χ0v) is 15.8. The first-order valence-electron chi connectivity index (χ1n) is 7.94. The van der Waals surface area contributed by atoms with E-state index in [0.29, 0.717) is 28.6 Å². The second-order valence-corrected chi connectivity index (χ2v) is 7.64. The average Bonchev–Trinajstić information content (AvgIpc) is 2.40. The number of carboxylic acid groups (broad SMARTS) is 1. The maximum absolute atomic E-state index is 12.3. The quantitative estimate of drug-likeness (QED) is 0.753. The van der Waals surface area contributed by atoms with E-state index in [4.69, 9.17) is 27.9 Å². The molecular weight excluding hydrogens is 351 g/mol. The third-order valence-corrected chi connectivity index (χ3v) is 4.41. The van der Waals surface area contributed by atoms with Gasteiger partial charge in [0, 0.05) is 28.6 Å². The molecule has 2 atom stereocenters. The normalized spacial score (nSPS) is 22.2. The topological polar surface area (TPSA) is 61.7 Å². The van der Waals surface area contributed by atoms with E-state index in [1.165, 1.54) is 0 Å². The van der Waals surface area contributed by atoms with Crippen molar-refractivity contribution in [3.8, 4) is 0 Å². The number of quaternary nitrogens is 1. The number of hydrogen-bond acceptors (Lipinski definition) is 4. The monoisotopic (exact) mass is 372 g/mol. The van der Waals surface area contributed by atoms with Crippen LogP contribution < -0.4 is 9.59 Å². The van der Waals surface area contributed by atoms with E-state index in [0.717, 1.165) is 0 Å². The van der Waals surface area contributed by atoms with Crippen LogP contribution in [0, 0.1) is 0 Å². The van der Waals surface area contributed by atoms with Crippen molar-refractivity contribution in [3.63, 3.8) is 0 Å². The number of carbonyl (C=O) groups is 1. The fraction of sp³-hybridized carbons (Fsp3) is 0.529. The predicted molar refractivity (Wildman–Crippen MR) is 95.5 cm³/mol. The highest BCUT2D eigenvalue weighted by atomic mass is 35.5. The molecule has 0 radical (unpaired) electrons. The Morgan fingerprint density at radius 2 is 1.96 bits per heavy atom. The standard InChI is InChI=1S/C17H22Cl2N2O3/c1-5-6-21(16(22)23,14-8-12(18)7-13(19)9-14)15-20-17(3,4)10-11(2)24-15/h7-9,11H,5-6,10H2,1-4H3. The molecule has 1 aromatic carbocycles. The van der Waals surface area contributed by atoms with E-state index in [-0.39, 0.29) is 18.7 Å². The van der Waals surface area contributed by atoms with E-state index in [1.807, 2.05) is 27.7 Å². The molecule has 0 aromatic heterocycles. The first kappa shape index (κ1) is 19.0. The summed E-state index contributed by atoms with van der Waals surface area (Å²) >= 11 is 12.2. The van der Waals surface area contributed by atoms with Gasteiger partial charge in [0.25, 0.3) is 6.09 Å². The Morgan fingerprint density at radius 3 is 2.42 bits per heavy atom. The van der Waals surface area contributed by atoms with E-state index in [2.05, 4.69) is 4.99 Å². The molecule has 132 valence electrons. The second-order valence-electron chi connectivity index (χ2n) is 6.77.